The molecule has 2 N–H and O–H groups in total. The number of thiophene rings is 1. The van der Waals surface area contributed by atoms with E-state index in [4.69, 9.17) is 5.73 Å². The van der Waals surface area contributed by atoms with Gasteiger partial charge < -0.3 is 10.6 Å². The third-order valence-corrected chi connectivity index (χ3v) is 9.04. The van der Waals surface area contributed by atoms with Crippen molar-refractivity contribution in [3.8, 4) is 22.3 Å². The Balaban J connectivity index is 1.45. The zero-order chi connectivity index (χ0) is 29.3. The second-order valence-electron chi connectivity index (χ2n) is 10.8. The van der Waals surface area contributed by atoms with E-state index in [0.717, 1.165) is 33.2 Å². The summed E-state index contributed by atoms with van der Waals surface area (Å²) in [7, 11) is 0. The molecule has 43 heavy (non-hydrogen) atoms. The first-order valence-corrected chi connectivity index (χ1v) is 15.4. The van der Waals surface area contributed by atoms with Gasteiger partial charge in [0.1, 0.15) is 0 Å². The minimum Gasteiger partial charge on any atom is -0.390 e. The molecule has 0 bridgehead atoms. The van der Waals surface area contributed by atoms with Crippen LogP contribution >= 0.6 is 11.3 Å². The number of nitrogens with zero attached hydrogens (tertiary/aromatic N) is 1. The standard InChI is InChI=1S/C40H32N2S/c1-3-36(39-35-25-31-19-18-27(2)24-32(31)26-38(35)43-40(39)41)42(33-22-20-29(21-23-33)28-12-6-4-7-13-28)37-17-11-10-16-34(37)30-14-8-5-9-15-30/h3-26H,41H2,1-2H3/b36-3+. The van der Waals surface area contributed by atoms with E-state index in [1.807, 2.05) is 0 Å². The quantitative estimate of drug-likeness (QED) is 0.215. The molecule has 0 unspecified atom stereocenters. The van der Waals surface area contributed by atoms with E-state index in [9.17, 15) is 0 Å². The van der Waals surface area contributed by atoms with Crippen LogP contribution in [-0.4, -0.2) is 0 Å². The Morgan fingerprint density at radius 3 is 2.02 bits per heavy atom. The lowest BCUT2D eigenvalue weighted by molar-refractivity contribution is 1.29. The lowest BCUT2D eigenvalue weighted by Gasteiger charge is -2.30. The molecule has 2 nitrogen and oxygen atoms in total. The number of para-hydroxylation sites is 1. The molecule has 7 aromatic rings. The highest BCUT2D eigenvalue weighted by Crippen LogP contribution is 2.47. The van der Waals surface area contributed by atoms with Gasteiger partial charge in [0.2, 0.25) is 0 Å². The number of hydrogen-bond acceptors (Lipinski definition) is 3. The van der Waals surface area contributed by atoms with Gasteiger partial charge in [0.15, 0.2) is 0 Å². The van der Waals surface area contributed by atoms with Crippen molar-refractivity contribution in [1.29, 1.82) is 0 Å². The van der Waals surface area contributed by atoms with Crippen molar-refractivity contribution < 1.29 is 0 Å². The fourth-order valence-corrected chi connectivity index (χ4v) is 7.01. The molecule has 0 saturated heterocycles. The third kappa shape index (κ3) is 4.98. The molecule has 3 heteroatoms. The van der Waals surface area contributed by atoms with Gasteiger partial charge in [0, 0.05) is 26.9 Å². The molecule has 0 aliphatic rings. The maximum Gasteiger partial charge on any atom is 0.0963 e. The second-order valence-corrected chi connectivity index (χ2v) is 11.9. The Labute approximate surface area is 257 Å². The summed E-state index contributed by atoms with van der Waals surface area (Å²) in [5, 5.41) is 4.45. The highest BCUT2D eigenvalue weighted by atomic mass is 32.1. The number of allylic oxidation sites excluding steroid dienone is 1. The number of anilines is 3. The van der Waals surface area contributed by atoms with Crippen molar-refractivity contribution in [3.05, 3.63) is 157 Å². The zero-order valence-corrected chi connectivity index (χ0v) is 25.1. The van der Waals surface area contributed by atoms with Crippen molar-refractivity contribution in [1.82, 2.24) is 0 Å². The fourth-order valence-electron chi connectivity index (χ4n) is 6.00. The lowest BCUT2D eigenvalue weighted by Crippen LogP contribution is -2.17. The minimum atomic E-state index is 0.818. The summed E-state index contributed by atoms with van der Waals surface area (Å²) in [6.45, 7) is 4.25. The second kappa shape index (κ2) is 11.3. The Morgan fingerprint density at radius 1 is 0.651 bits per heavy atom. The molecule has 1 aromatic heterocycles. The van der Waals surface area contributed by atoms with E-state index in [1.165, 1.54) is 43.1 Å². The van der Waals surface area contributed by atoms with Crippen LogP contribution in [0.5, 0.6) is 0 Å². The monoisotopic (exact) mass is 572 g/mol. The first kappa shape index (κ1) is 26.8. The average molecular weight is 573 g/mol. The maximum atomic E-state index is 6.92. The van der Waals surface area contributed by atoms with E-state index in [1.54, 1.807) is 11.3 Å². The molecule has 1 heterocycles. The van der Waals surface area contributed by atoms with E-state index in [2.05, 4.69) is 164 Å². The Bertz CT molecular complexity index is 2090. The summed E-state index contributed by atoms with van der Waals surface area (Å²) in [6, 6.07) is 49.8. The van der Waals surface area contributed by atoms with Gasteiger partial charge in [-0.15, -0.1) is 11.3 Å². The van der Waals surface area contributed by atoms with Crippen LogP contribution in [0.15, 0.2) is 146 Å². The summed E-state index contributed by atoms with van der Waals surface area (Å²) in [5.41, 5.74) is 17.2. The van der Waals surface area contributed by atoms with Gasteiger partial charge in [0.25, 0.3) is 0 Å². The maximum absolute atomic E-state index is 6.92. The molecule has 0 aliphatic carbocycles. The smallest absolute Gasteiger partial charge is 0.0963 e. The number of nitrogens with two attached hydrogens (primary N) is 1. The predicted molar refractivity (Wildman–Crippen MR) is 188 cm³/mol. The minimum absolute atomic E-state index is 0.818. The largest absolute Gasteiger partial charge is 0.390 e. The Hall–Kier alpha value is -5.12. The normalized spacial score (nSPS) is 11.7. The van der Waals surface area contributed by atoms with Crippen LogP contribution in [-0.2, 0) is 0 Å². The van der Waals surface area contributed by atoms with Crippen molar-refractivity contribution in [2.75, 3.05) is 10.6 Å². The summed E-state index contributed by atoms with van der Waals surface area (Å²) >= 11 is 1.66. The summed E-state index contributed by atoms with van der Waals surface area (Å²) in [4.78, 5) is 2.37. The van der Waals surface area contributed by atoms with Crippen molar-refractivity contribution in [3.63, 3.8) is 0 Å². The summed E-state index contributed by atoms with van der Waals surface area (Å²) < 4.78 is 1.20. The van der Waals surface area contributed by atoms with Crippen molar-refractivity contribution >= 4 is 54.3 Å². The molecular formula is C40H32N2S. The van der Waals surface area contributed by atoms with Crippen LogP contribution in [0.25, 0.3) is 48.8 Å². The SMILES string of the molecule is C/C=C(\c1c(N)sc2cc3cc(C)ccc3cc12)N(c1ccc(-c2ccccc2)cc1)c1ccccc1-c1ccccc1. The van der Waals surface area contributed by atoms with Crippen molar-refractivity contribution in [2.45, 2.75) is 13.8 Å². The van der Waals surface area contributed by atoms with Gasteiger partial charge in [-0.3, -0.25) is 0 Å². The fraction of sp³-hybridized carbons (Fsp3) is 0.0500. The Morgan fingerprint density at radius 2 is 1.30 bits per heavy atom. The molecule has 0 aliphatic heterocycles. The van der Waals surface area contributed by atoms with Crippen LogP contribution < -0.4 is 10.6 Å². The highest BCUT2D eigenvalue weighted by Gasteiger charge is 2.24. The lowest BCUT2D eigenvalue weighted by atomic mass is 9.98. The molecule has 6 aromatic carbocycles. The number of benzene rings is 6. The molecular weight excluding hydrogens is 541 g/mol. The number of fused-ring (bicyclic) bond motifs is 2. The van der Waals surface area contributed by atoms with E-state index < -0.39 is 0 Å². The topological polar surface area (TPSA) is 29.3 Å². The molecule has 7 rings (SSSR count). The number of rotatable bonds is 6. The van der Waals surface area contributed by atoms with Gasteiger partial charge in [0.05, 0.1) is 16.4 Å². The molecule has 0 amide bonds. The van der Waals surface area contributed by atoms with Gasteiger partial charge in [-0.05, 0) is 71.6 Å². The molecule has 208 valence electrons. The predicted octanol–water partition coefficient (Wildman–Crippen LogP) is 11.5. The average Bonchev–Trinajstić information content (AvgIpc) is 3.37. The van der Waals surface area contributed by atoms with E-state index >= 15 is 0 Å². The zero-order valence-electron chi connectivity index (χ0n) is 24.3. The van der Waals surface area contributed by atoms with Crippen LogP contribution in [0.1, 0.15) is 18.1 Å². The molecule has 0 fully saturated rings. The van der Waals surface area contributed by atoms with Crippen LogP contribution in [0.4, 0.5) is 16.4 Å². The molecule has 0 atom stereocenters. The Kier molecular flexibility index (Phi) is 7.02. The molecule has 0 saturated carbocycles. The van der Waals surface area contributed by atoms with Crippen LogP contribution in [0, 0.1) is 6.92 Å². The highest BCUT2D eigenvalue weighted by molar-refractivity contribution is 7.23. The van der Waals surface area contributed by atoms with Crippen LogP contribution in [0.3, 0.4) is 0 Å². The van der Waals surface area contributed by atoms with E-state index in [0.29, 0.717) is 0 Å². The number of aryl methyl sites for hydroxylation is 1. The van der Waals surface area contributed by atoms with Gasteiger partial charge >= 0.3 is 0 Å². The van der Waals surface area contributed by atoms with Gasteiger partial charge in [-0.1, -0.05) is 121 Å². The summed E-state index contributed by atoms with van der Waals surface area (Å²) in [5.74, 6) is 0. The number of hydrogen-bond donors (Lipinski definition) is 1. The molecule has 0 spiro atoms. The first-order valence-electron chi connectivity index (χ1n) is 14.6. The van der Waals surface area contributed by atoms with Gasteiger partial charge in [-0.2, -0.15) is 0 Å². The van der Waals surface area contributed by atoms with Crippen LogP contribution in [0.2, 0.25) is 0 Å². The summed E-state index contributed by atoms with van der Waals surface area (Å²) in [6.07, 6.45) is 2.20. The van der Waals surface area contributed by atoms with Crippen molar-refractivity contribution in [2.24, 2.45) is 0 Å². The first-order chi connectivity index (χ1) is 21.1. The van der Waals surface area contributed by atoms with E-state index in [-0.39, 0.29) is 0 Å². The number of nitrogen functional groups attached to an aromatic ring is 1. The van der Waals surface area contributed by atoms with Gasteiger partial charge in [-0.25, -0.2) is 0 Å². The third-order valence-electron chi connectivity index (χ3n) is 8.06. The molecule has 0 radical (unpaired) electrons.